The van der Waals surface area contributed by atoms with E-state index in [4.69, 9.17) is 9.47 Å². The van der Waals surface area contributed by atoms with E-state index in [0.717, 1.165) is 35.3 Å². The molecule has 3 aromatic carbocycles. The number of aromatic hydroxyl groups is 1. The monoisotopic (exact) mass is 518 g/mol. The highest BCUT2D eigenvalue weighted by Gasteiger charge is 2.17. The van der Waals surface area contributed by atoms with Gasteiger partial charge in [-0.15, -0.1) is 0 Å². The standard InChI is InChI=1S/C32H42N2O4/c1-22(2)27-16-26(17-28(19-27)37-21-25-10-8-7-9-11-25)20-33-29-15-14-24(18-30(29)35)13-12-23(3)34-31(36)38-32(4,5)6/h7-11,14-19,22-23,33,35H,12-13,20-21H2,1-6H3,(H,34,36). The molecule has 6 nitrogen and oxygen atoms in total. The molecule has 6 heteroatoms. The number of alkyl carbamates (subject to hydrolysis) is 1. The van der Waals surface area contributed by atoms with Crippen molar-refractivity contribution in [3.05, 3.63) is 89.0 Å². The van der Waals surface area contributed by atoms with Gasteiger partial charge in [0.05, 0.1) is 5.69 Å². The van der Waals surface area contributed by atoms with Gasteiger partial charge in [-0.2, -0.15) is 0 Å². The third kappa shape index (κ3) is 9.66. The Balaban J connectivity index is 1.57. The van der Waals surface area contributed by atoms with E-state index in [9.17, 15) is 9.90 Å². The molecule has 3 N–H and O–H groups in total. The summed E-state index contributed by atoms with van der Waals surface area (Å²) < 4.78 is 11.4. The number of phenolic OH excluding ortho intramolecular Hbond substituents is 1. The molecule has 0 saturated heterocycles. The van der Waals surface area contributed by atoms with Crippen LogP contribution < -0.4 is 15.4 Å². The number of nitrogens with one attached hydrogen (secondary N) is 2. The highest BCUT2D eigenvalue weighted by atomic mass is 16.6. The number of anilines is 1. The molecule has 3 aromatic rings. The lowest BCUT2D eigenvalue weighted by atomic mass is 10.00. The second-order valence-electron chi connectivity index (χ2n) is 11.1. The summed E-state index contributed by atoms with van der Waals surface area (Å²) in [6, 6.07) is 22.1. The molecule has 1 amide bonds. The number of hydrogen-bond acceptors (Lipinski definition) is 5. The zero-order chi connectivity index (χ0) is 27.7. The van der Waals surface area contributed by atoms with Crippen molar-refractivity contribution < 1.29 is 19.4 Å². The quantitative estimate of drug-likeness (QED) is 0.228. The maximum atomic E-state index is 12.0. The van der Waals surface area contributed by atoms with Crippen molar-refractivity contribution in [3.8, 4) is 11.5 Å². The summed E-state index contributed by atoms with van der Waals surface area (Å²) >= 11 is 0. The van der Waals surface area contributed by atoms with E-state index in [2.05, 4.69) is 48.7 Å². The number of benzene rings is 3. The summed E-state index contributed by atoms with van der Waals surface area (Å²) in [6.45, 7) is 12.9. The van der Waals surface area contributed by atoms with Crippen LogP contribution in [-0.2, 0) is 24.3 Å². The van der Waals surface area contributed by atoms with Crippen LogP contribution in [0.5, 0.6) is 11.5 Å². The zero-order valence-electron chi connectivity index (χ0n) is 23.5. The van der Waals surface area contributed by atoms with Crippen molar-refractivity contribution in [3.63, 3.8) is 0 Å². The first kappa shape index (κ1) is 28.9. The normalized spacial score (nSPS) is 12.2. The molecule has 1 unspecified atom stereocenters. The summed E-state index contributed by atoms with van der Waals surface area (Å²) in [4.78, 5) is 12.0. The van der Waals surface area contributed by atoms with E-state index in [0.29, 0.717) is 24.8 Å². The minimum atomic E-state index is -0.523. The third-order valence-electron chi connectivity index (χ3n) is 6.08. The van der Waals surface area contributed by atoms with Crippen molar-refractivity contribution >= 4 is 11.8 Å². The first-order valence-electron chi connectivity index (χ1n) is 13.3. The van der Waals surface area contributed by atoms with Gasteiger partial charge in [-0.3, -0.25) is 0 Å². The average molecular weight is 519 g/mol. The highest BCUT2D eigenvalue weighted by molar-refractivity contribution is 5.68. The van der Waals surface area contributed by atoms with Gasteiger partial charge in [-0.1, -0.05) is 56.3 Å². The van der Waals surface area contributed by atoms with E-state index in [1.165, 1.54) is 5.56 Å². The van der Waals surface area contributed by atoms with Crippen LogP contribution in [0.15, 0.2) is 66.7 Å². The molecule has 0 fully saturated rings. The van der Waals surface area contributed by atoms with E-state index >= 15 is 0 Å². The van der Waals surface area contributed by atoms with Crippen LogP contribution in [0.1, 0.15) is 76.1 Å². The van der Waals surface area contributed by atoms with Gasteiger partial charge < -0.3 is 25.2 Å². The molecule has 0 aromatic heterocycles. The van der Waals surface area contributed by atoms with E-state index in [1.807, 2.05) is 64.1 Å². The molecule has 3 rings (SSSR count). The first-order valence-corrected chi connectivity index (χ1v) is 13.3. The van der Waals surface area contributed by atoms with Gasteiger partial charge in [0.2, 0.25) is 0 Å². The number of carbonyl (C=O) groups is 1. The molecule has 38 heavy (non-hydrogen) atoms. The molecule has 0 bridgehead atoms. The maximum Gasteiger partial charge on any atom is 0.407 e. The lowest BCUT2D eigenvalue weighted by Gasteiger charge is -2.22. The minimum Gasteiger partial charge on any atom is -0.506 e. The second kappa shape index (κ2) is 13.2. The van der Waals surface area contributed by atoms with Crippen LogP contribution >= 0.6 is 0 Å². The van der Waals surface area contributed by atoms with Gasteiger partial charge in [0.25, 0.3) is 0 Å². The van der Waals surface area contributed by atoms with Crippen molar-refractivity contribution in [1.82, 2.24) is 5.32 Å². The van der Waals surface area contributed by atoms with Gasteiger partial charge in [0.15, 0.2) is 0 Å². The molecular formula is C32H42N2O4. The minimum absolute atomic E-state index is 0.0451. The van der Waals surface area contributed by atoms with Crippen LogP contribution in [0.25, 0.3) is 0 Å². The fourth-order valence-electron chi connectivity index (χ4n) is 3.99. The molecule has 0 saturated carbocycles. The summed E-state index contributed by atoms with van der Waals surface area (Å²) in [6.07, 6.45) is 1.05. The fourth-order valence-corrected chi connectivity index (χ4v) is 3.99. The fraction of sp³-hybridized carbons (Fsp3) is 0.406. The first-order chi connectivity index (χ1) is 18.0. The number of aryl methyl sites for hydroxylation is 1. The molecular weight excluding hydrogens is 476 g/mol. The molecule has 0 radical (unpaired) electrons. The molecule has 0 heterocycles. The van der Waals surface area contributed by atoms with Crippen LogP contribution in [0.3, 0.4) is 0 Å². The molecule has 0 aliphatic rings. The number of hydrogen-bond donors (Lipinski definition) is 3. The van der Waals surface area contributed by atoms with Gasteiger partial charge in [-0.25, -0.2) is 4.79 Å². The Hall–Kier alpha value is -3.67. The average Bonchev–Trinajstić information content (AvgIpc) is 2.85. The van der Waals surface area contributed by atoms with Gasteiger partial charge >= 0.3 is 6.09 Å². The Bertz CT molecular complexity index is 1190. The summed E-state index contributed by atoms with van der Waals surface area (Å²) in [5.41, 5.74) is 4.58. The van der Waals surface area contributed by atoms with E-state index in [-0.39, 0.29) is 11.8 Å². The van der Waals surface area contributed by atoms with Crippen LogP contribution in [0, 0.1) is 0 Å². The van der Waals surface area contributed by atoms with E-state index < -0.39 is 11.7 Å². The summed E-state index contributed by atoms with van der Waals surface area (Å²) in [5, 5.41) is 16.9. The van der Waals surface area contributed by atoms with Gasteiger partial charge in [0, 0.05) is 12.6 Å². The Kier molecular flexibility index (Phi) is 10.1. The predicted molar refractivity (Wildman–Crippen MR) is 154 cm³/mol. The van der Waals surface area contributed by atoms with Gasteiger partial charge in [0.1, 0.15) is 23.7 Å². The predicted octanol–water partition coefficient (Wildman–Crippen LogP) is 7.55. The molecule has 204 valence electrons. The number of rotatable bonds is 11. The van der Waals surface area contributed by atoms with Gasteiger partial charge in [-0.05, 0) is 93.0 Å². The Morgan fingerprint density at radius 3 is 2.32 bits per heavy atom. The Morgan fingerprint density at radius 1 is 0.921 bits per heavy atom. The van der Waals surface area contributed by atoms with E-state index in [1.54, 1.807) is 6.07 Å². The Labute approximate surface area is 227 Å². The van der Waals surface area contributed by atoms with Crippen LogP contribution in [0.4, 0.5) is 10.5 Å². The van der Waals surface area contributed by atoms with Crippen molar-refractivity contribution in [1.29, 1.82) is 0 Å². The molecule has 0 spiro atoms. The van der Waals surface area contributed by atoms with Crippen molar-refractivity contribution in [2.75, 3.05) is 5.32 Å². The number of phenols is 1. The number of ether oxygens (including phenoxy) is 2. The van der Waals surface area contributed by atoms with Crippen molar-refractivity contribution in [2.45, 2.75) is 85.1 Å². The smallest absolute Gasteiger partial charge is 0.407 e. The lowest BCUT2D eigenvalue weighted by molar-refractivity contribution is 0.0506. The SMILES string of the molecule is CC(CCc1ccc(NCc2cc(OCc3ccccc3)cc(C(C)C)c2)c(O)c1)NC(=O)OC(C)(C)C. The second-order valence-corrected chi connectivity index (χ2v) is 11.1. The highest BCUT2D eigenvalue weighted by Crippen LogP contribution is 2.28. The molecule has 0 aliphatic heterocycles. The van der Waals surface area contributed by atoms with Crippen LogP contribution in [-0.4, -0.2) is 22.8 Å². The molecule has 1 atom stereocenters. The summed E-state index contributed by atoms with van der Waals surface area (Å²) in [7, 11) is 0. The summed E-state index contributed by atoms with van der Waals surface area (Å²) in [5.74, 6) is 1.41. The largest absolute Gasteiger partial charge is 0.506 e. The zero-order valence-corrected chi connectivity index (χ0v) is 23.5. The third-order valence-corrected chi connectivity index (χ3v) is 6.08. The number of carbonyl (C=O) groups excluding carboxylic acids is 1. The van der Waals surface area contributed by atoms with Crippen LogP contribution in [0.2, 0.25) is 0 Å². The number of amides is 1. The maximum absolute atomic E-state index is 12.0. The van der Waals surface area contributed by atoms with Crippen molar-refractivity contribution in [2.24, 2.45) is 0 Å². The molecule has 0 aliphatic carbocycles. The lowest BCUT2D eigenvalue weighted by Crippen LogP contribution is -2.37. The Morgan fingerprint density at radius 2 is 1.66 bits per heavy atom. The topological polar surface area (TPSA) is 79.8 Å².